The van der Waals surface area contributed by atoms with Gasteiger partial charge in [-0.2, -0.15) is 0 Å². The van der Waals surface area contributed by atoms with Crippen molar-refractivity contribution in [3.63, 3.8) is 0 Å². The fourth-order valence-electron chi connectivity index (χ4n) is 2.72. The molecule has 0 spiro atoms. The van der Waals surface area contributed by atoms with Crippen LogP contribution in [0.4, 0.5) is 0 Å². The van der Waals surface area contributed by atoms with Crippen LogP contribution in [0, 0.1) is 0 Å². The second-order valence-electron chi connectivity index (χ2n) is 5.99. The number of carbonyl (C=O) groups is 1. The Morgan fingerprint density at radius 3 is 2.33 bits per heavy atom. The van der Waals surface area contributed by atoms with Gasteiger partial charge in [-0.25, -0.2) is 4.79 Å². The highest BCUT2D eigenvalue weighted by molar-refractivity contribution is 9.10. The summed E-state index contributed by atoms with van der Waals surface area (Å²) in [5.74, 6) is 1.68. The van der Waals surface area contributed by atoms with Gasteiger partial charge in [0.05, 0.1) is 5.57 Å². The van der Waals surface area contributed by atoms with Crippen LogP contribution in [0.1, 0.15) is 11.1 Å². The fraction of sp³-hybridized carbons (Fsp3) is 0. The van der Waals surface area contributed by atoms with Gasteiger partial charge in [-0.3, -0.25) is 0 Å². The van der Waals surface area contributed by atoms with Gasteiger partial charge in [-0.1, -0.05) is 46.3 Å². The Morgan fingerprint density at radius 2 is 1.59 bits per heavy atom. The minimum Gasteiger partial charge on any atom is -0.457 e. The molecule has 0 saturated carbocycles. The standard InChI is InChI=1S/C23H15BrO3/c24-19-6-4-5-16(14-19)13-18-15-22(27-23(18)25)17-9-11-21(12-10-17)26-20-7-2-1-3-8-20/h1-15H/b18-13+. The highest BCUT2D eigenvalue weighted by Gasteiger charge is 2.22. The van der Waals surface area contributed by atoms with Crippen molar-refractivity contribution in [2.24, 2.45) is 0 Å². The highest BCUT2D eigenvalue weighted by atomic mass is 79.9. The van der Waals surface area contributed by atoms with Crippen LogP contribution < -0.4 is 4.74 Å². The van der Waals surface area contributed by atoms with Crippen molar-refractivity contribution >= 4 is 33.7 Å². The second-order valence-corrected chi connectivity index (χ2v) is 6.91. The van der Waals surface area contributed by atoms with Gasteiger partial charge in [0.2, 0.25) is 0 Å². The van der Waals surface area contributed by atoms with Gasteiger partial charge in [0, 0.05) is 10.0 Å². The summed E-state index contributed by atoms with van der Waals surface area (Å²) < 4.78 is 12.2. The Balaban J connectivity index is 1.54. The summed E-state index contributed by atoms with van der Waals surface area (Å²) in [6, 6.07) is 24.8. The van der Waals surface area contributed by atoms with Crippen LogP contribution in [0.3, 0.4) is 0 Å². The van der Waals surface area contributed by atoms with Crippen molar-refractivity contribution < 1.29 is 14.3 Å². The molecule has 0 bridgehead atoms. The summed E-state index contributed by atoms with van der Waals surface area (Å²) in [4.78, 5) is 12.2. The van der Waals surface area contributed by atoms with Crippen LogP contribution in [0.2, 0.25) is 0 Å². The first kappa shape index (κ1) is 17.3. The maximum atomic E-state index is 12.2. The number of para-hydroxylation sites is 1. The predicted octanol–water partition coefficient (Wildman–Crippen LogP) is 6.22. The van der Waals surface area contributed by atoms with Gasteiger partial charge in [0.1, 0.15) is 17.3 Å². The Morgan fingerprint density at radius 1 is 0.852 bits per heavy atom. The molecule has 0 unspecified atom stereocenters. The second kappa shape index (κ2) is 7.64. The van der Waals surface area contributed by atoms with E-state index < -0.39 is 0 Å². The van der Waals surface area contributed by atoms with E-state index in [-0.39, 0.29) is 5.97 Å². The van der Waals surface area contributed by atoms with Gasteiger partial charge in [-0.15, -0.1) is 0 Å². The fourth-order valence-corrected chi connectivity index (χ4v) is 3.14. The third-order valence-corrected chi connectivity index (χ3v) is 4.51. The van der Waals surface area contributed by atoms with Crippen LogP contribution >= 0.6 is 15.9 Å². The first-order valence-corrected chi connectivity index (χ1v) is 9.21. The van der Waals surface area contributed by atoms with E-state index in [2.05, 4.69) is 15.9 Å². The number of hydrogen-bond acceptors (Lipinski definition) is 3. The predicted molar refractivity (Wildman–Crippen MR) is 109 cm³/mol. The van der Waals surface area contributed by atoms with E-state index in [0.717, 1.165) is 27.1 Å². The third-order valence-electron chi connectivity index (χ3n) is 4.01. The summed E-state index contributed by atoms with van der Waals surface area (Å²) >= 11 is 3.43. The number of benzene rings is 3. The lowest BCUT2D eigenvalue weighted by molar-refractivity contribution is -0.130. The maximum Gasteiger partial charge on any atom is 0.343 e. The largest absolute Gasteiger partial charge is 0.457 e. The van der Waals surface area contributed by atoms with E-state index in [1.54, 1.807) is 6.08 Å². The molecule has 4 heteroatoms. The van der Waals surface area contributed by atoms with Crippen LogP contribution in [-0.4, -0.2) is 5.97 Å². The number of cyclic esters (lactones) is 1. The quantitative estimate of drug-likeness (QED) is 0.372. The Hall–Kier alpha value is -3.11. The minimum absolute atomic E-state index is 0.352. The molecule has 3 aromatic carbocycles. The number of rotatable bonds is 4. The normalized spacial score (nSPS) is 14.8. The zero-order valence-corrected chi connectivity index (χ0v) is 15.8. The zero-order valence-electron chi connectivity index (χ0n) is 14.3. The SMILES string of the molecule is O=C1OC(c2ccc(Oc3ccccc3)cc2)=C/C1=C\c1cccc(Br)c1. The minimum atomic E-state index is -0.352. The van der Waals surface area contributed by atoms with Crippen molar-refractivity contribution in [1.29, 1.82) is 0 Å². The molecule has 0 atom stereocenters. The monoisotopic (exact) mass is 418 g/mol. The first-order chi connectivity index (χ1) is 13.2. The molecule has 0 amide bonds. The number of ether oxygens (including phenoxy) is 2. The molecule has 0 fully saturated rings. The molecule has 0 N–H and O–H groups in total. The topological polar surface area (TPSA) is 35.5 Å². The lowest BCUT2D eigenvalue weighted by Crippen LogP contribution is -1.97. The van der Waals surface area contributed by atoms with E-state index in [1.165, 1.54) is 0 Å². The molecule has 0 aromatic heterocycles. The van der Waals surface area contributed by atoms with Crippen LogP contribution in [0.5, 0.6) is 11.5 Å². The molecule has 0 aliphatic carbocycles. The van der Waals surface area contributed by atoms with Gasteiger partial charge in [-0.05, 0) is 66.2 Å². The molecule has 4 rings (SSSR count). The number of hydrogen-bond donors (Lipinski definition) is 0. The van der Waals surface area contributed by atoms with E-state index >= 15 is 0 Å². The smallest absolute Gasteiger partial charge is 0.343 e. The Kier molecular flexibility index (Phi) is 4.90. The molecular formula is C23H15BrO3. The molecule has 0 radical (unpaired) electrons. The average molecular weight is 419 g/mol. The summed E-state index contributed by atoms with van der Waals surface area (Å²) in [5.41, 5.74) is 2.27. The number of halogens is 1. The van der Waals surface area contributed by atoms with E-state index in [0.29, 0.717) is 11.3 Å². The summed E-state index contributed by atoms with van der Waals surface area (Å²) in [5, 5.41) is 0. The van der Waals surface area contributed by atoms with E-state index in [1.807, 2.05) is 84.9 Å². The highest BCUT2D eigenvalue weighted by Crippen LogP contribution is 2.30. The van der Waals surface area contributed by atoms with E-state index in [4.69, 9.17) is 9.47 Å². The molecule has 132 valence electrons. The van der Waals surface area contributed by atoms with Crippen LogP contribution in [0.15, 0.2) is 95.0 Å². The molecule has 3 aromatic rings. The van der Waals surface area contributed by atoms with E-state index in [9.17, 15) is 4.79 Å². The number of esters is 1. The summed E-state index contributed by atoms with van der Waals surface area (Å²) in [6.07, 6.45) is 3.57. The third kappa shape index (κ3) is 4.18. The van der Waals surface area contributed by atoms with Crippen LogP contribution in [0.25, 0.3) is 11.8 Å². The Bertz CT molecular complexity index is 1030. The summed E-state index contributed by atoms with van der Waals surface area (Å²) in [6.45, 7) is 0. The molecular weight excluding hydrogens is 404 g/mol. The first-order valence-electron chi connectivity index (χ1n) is 8.42. The zero-order chi connectivity index (χ0) is 18.6. The average Bonchev–Trinajstić information content (AvgIpc) is 3.04. The molecule has 1 heterocycles. The van der Waals surface area contributed by atoms with Gasteiger partial charge < -0.3 is 9.47 Å². The Labute approximate surface area is 165 Å². The van der Waals surface area contributed by atoms with Crippen molar-refractivity contribution in [3.8, 4) is 11.5 Å². The number of carbonyl (C=O) groups excluding carboxylic acids is 1. The molecule has 3 nitrogen and oxygen atoms in total. The molecule has 1 aliphatic rings. The lowest BCUT2D eigenvalue weighted by atomic mass is 10.1. The van der Waals surface area contributed by atoms with Gasteiger partial charge >= 0.3 is 5.97 Å². The van der Waals surface area contributed by atoms with Crippen molar-refractivity contribution in [2.45, 2.75) is 0 Å². The molecule has 0 saturated heterocycles. The maximum absolute atomic E-state index is 12.2. The van der Waals surface area contributed by atoms with Gasteiger partial charge in [0.25, 0.3) is 0 Å². The summed E-state index contributed by atoms with van der Waals surface area (Å²) in [7, 11) is 0. The van der Waals surface area contributed by atoms with Crippen molar-refractivity contribution in [2.75, 3.05) is 0 Å². The lowest BCUT2D eigenvalue weighted by Gasteiger charge is -2.06. The van der Waals surface area contributed by atoms with Gasteiger partial charge in [0.15, 0.2) is 0 Å². The van der Waals surface area contributed by atoms with Crippen molar-refractivity contribution in [3.05, 3.63) is 106 Å². The molecule has 1 aliphatic heterocycles. The molecule has 27 heavy (non-hydrogen) atoms. The van der Waals surface area contributed by atoms with Crippen LogP contribution in [-0.2, 0) is 9.53 Å². The van der Waals surface area contributed by atoms with Crippen molar-refractivity contribution in [1.82, 2.24) is 0 Å².